The van der Waals surface area contributed by atoms with Crippen LogP contribution in [0.3, 0.4) is 0 Å². The molecule has 0 radical (unpaired) electrons. The van der Waals surface area contributed by atoms with Crippen LogP contribution in [0.25, 0.3) is 0 Å². The van der Waals surface area contributed by atoms with Gasteiger partial charge in [0, 0.05) is 23.7 Å². The lowest BCUT2D eigenvalue weighted by atomic mass is 10.1. The number of benzene rings is 2. The Balaban J connectivity index is 1.69. The van der Waals surface area contributed by atoms with Crippen molar-refractivity contribution in [3.8, 4) is 0 Å². The zero-order chi connectivity index (χ0) is 23.1. The van der Waals surface area contributed by atoms with Gasteiger partial charge in [-0.15, -0.1) is 0 Å². The van der Waals surface area contributed by atoms with E-state index in [4.69, 9.17) is 17.3 Å². The van der Waals surface area contributed by atoms with E-state index in [2.05, 4.69) is 15.4 Å². The van der Waals surface area contributed by atoms with Crippen LogP contribution in [0.1, 0.15) is 29.2 Å². The van der Waals surface area contributed by atoms with Gasteiger partial charge in [-0.1, -0.05) is 41.9 Å². The molecule has 0 atom stereocenters. The van der Waals surface area contributed by atoms with Crippen molar-refractivity contribution in [3.05, 3.63) is 92.4 Å². The van der Waals surface area contributed by atoms with E-state index in [1.165, 1.54) is 4.68 Å². The third-order valence-electron chi connectivity index (χ3n) is 4.97. The van der Waals surface area contributed by atoms with Gasteiger partial charge in [-0.25, -0.2) is 9.67 Å². The number of aromatic nitrogens is 2. The number of nitrogens with one attached hydrogen (secondary N) is 1. The molecule has 0 unspecified atom stereocenters. The third-order valence-corrected chi connectivity index (χ3v) is 5.20. The third kappa shape index (κ3) is 6.28. The number of hydrogen-bond donors (Lipinski definition) is 2. The summed E-state index contributed by atoms with van der Waals surface area (Å²) in [6.07, 6.45) is 2.28. The number of carbonyl (C=O) groups excluding carboxylic acids is 1. The second-order valence-electron chi connectivity index (χ2n) is 7.55. The summed E-state index contributed by atoms with van der Waals surface area (Å²) in [6, 6.07) is 15.1. The van der Waals surface area contributed by atoms with Crippen LogP contribution in [0.15, 0.2) is 64.5 Å². The van der Waals surface area contributed by atoms with Crippen molar-refractivity contribution in [2.24, 2.45) is 10.7 Å². The summed E-state index contributed by atoms with van der Waals surface area (Å²) in [4.78, 5) is 29.8. The van der Waals surface area contributed by atoms with Crippen LogP contribution < -0.4 is 16.6 Å². The number of halogens is 1. The van der Waals surface area contributed by atoms with Crippen LogP contribution in [-0.4, -0.2) is 21.5 Å². The summed E-state index contributed by atoms with van der Waals surface area (Å²) < 4.78 is 1.41. The maximum atomic E-state index is 12.9. The molecule has 166 valence electrons. The standard InChI is InChI=1S/C24H26ClN5O2/c1-16-14-28-30(11-10-18-6-4-3-5-7-18)24(32)21(16)13-23(31)27-15-19-12-20(25)8-9-22(19)29-17(2)26/h3-9,12,14H,10-11,13,15H2,1-2H3,(H2,26,29)(H,27,31). The fourth-order valence-corrected chi connectivity index (χ4v) is 3.47. The average Bonchev–Trinajstić information content (AvgIpc) is 2.76. The van der Waals surface area contributed by atoms with Crippen LogP contribution in [0, 0.1) is 6.92 Å². The highest BCUT2D eigenvalue weighted by molar-refractivity contribution is 6.30. The number of carbonyl (C=O) groups is 1. The Hall–Kier alpha value is -3.45. The van der Waals surface area contributed by atoms with Gasteiger partial charge in [0.1, 0.15) is 0 Å². The van der Waals surface area contributed by atoms with Crippen molar-refractivity contribution in [2.75, 3.05) is 0 Å². The number of amidine groups is 1. The SMILES string of the molecule is CC(N)=Nc1ccc(Cl)cc1CNC(=O)Cc1c(C)cnn(CCc2ccccc2)c1=O. The molecular weight excluding hydrogens is 426 g/mol. The molecule has 2 aromatic carbocycles. The highest BCUT2D eigenvalue weighted by atomic mass is 35.5. The monoisotopic (exact) mass is 451 g/mol. The topological polar surface area (TPSA) is 102 Å². The van der Waals surface area contributed by atoms with Crippen LogP contribution in [0.5, 0.6) is 0 Å². The van der Waals surface area contributed by atoms with Crippen LogP contribution in [0.4, 0.5) is 5.69 Å². The molecular formula is C24H26ClN5O2. The second-order valence-corrected chi connectivity index (χ2v) is 7.99. The summed E-state index contributed by atoms with van der Waals surface area (Å²) in [5.41, 5.74) is 9.06. The average molecular weight is 452 g/mol. The predicted molar refractivity (Wildman–Crippen MR) is 127 cm³/mol. The maximum Gasteiger partial charge on any atom is 0.270 e. The lowest BCUT2D eigenvalue weighted by Crippen LogP contribution is -2.32. The Morgan fingerprint density at radius 1 is 1.22 bits per heavy atom. The normalized spacial score (nSPS) is 11.4. The molecule has 0 saturated heterocycles. The lowest BCUT2D eigenvalue weighted by molar-refractivity contribution is -0.120. The molecule has 1 heterocycles. The van der Waals surface area contributed by atoms with Gasteiger partial charge in [0.15, 0.2) is 0 Å². The minimum Gasteiger partial charge on any atom is -0.387 e. The molecule has 32 heavy (non-hydrogen) atoms. The molecule has 3 N–H and O–H groups in total. The summed E-state index contributed by atoms with van der Waals surface area (Å²) in [5.74, 6) is 0.133. The molecule has 0 saturated carbocycles. The first-order valence-electron chi connectivity index (χ1n) is 10.3. The molecule has 8 heteroatoms. The maximum absolute atomic E-state index is 12.9. The number of hydrogen-bond acceptors (Lipinski definition) is 4. The van der Waals surface area contributed by atoms with Gasteiger partial charge in [-0.2, -0.15) is 5.10 Å². The number of nitrogens with zero attached hydrogens (tertiary/aromatic N) is 3. The van der Waals surface area contributed by atoms with Gasteiger partial charge in [-0.3, -0.25) is 9.59 Å². The minimum absolute atomic E-state index is 0.0341. The number of amides is 1. The van der Waals surface area contributed by atoms with Crippen molar-refractivity contribution >= 4 is 29.0 Å². The Labute approximate surface area is 191 Å². The smallest absolute Gasteiger partial charge is 0.270 e. The Kier molecular flexibility index (Phi) is 7.78. The van der Waals surface area contributed by atoms with E-state index in [-0.39, 0.29) is 24.4 Å². The van der Waals surface area contributed by atoms with Gasteiger partial charge in [-0.05, 0) is 55.2 Å². The number of aryl methyl sites for hydroxylation is 3. The van der Waals surface area contributed by atoms with E-state index in [0.717, 1.165) is 11.1 Å². The van der Waals surface area contributed by atoms with E-state index in [9.17, 15) is 9.59 Å². The van der Waals surface area contributed by atoms with E-state index >= 15 is 0 Å². The molecule has 1 aromatic heterocycles. The van der Waals surface area contributed by atoms with Gasteiger partial charge < -0.3 is 11.1 Å². The molecule has 1 amide bonds. The van der Waals surface area contributed by atoms with Gasteiger partial charge in [0.2, 0.25) is 5.91 Å². The van der Waals surface area contributed by atoms with Gasteiger partial charge in [0.05, 0.1) is 24.1 Å². The number of rotatable bonds is 8. The first kappa shape index (κ1) is 23.2. The highest BCUT2D eigenvalue weighted by Crippen LogP contribution is 2.23. The molecule has 0 aliphatic carbocycles. The Bertz CT molecular complexity index is 1180. The molecule has 0 aliphatic heterocycles. The zero-order valence-corrected chi connectivity index (χ0v) is 18.9. The summed E-state index contributed by atoms with van der Waals surface area (Å²) in [7, 11) is 0. The van der Waals surface area contributed by atoms with Crippen molar-refractivity contribution in [1.29, 1.82) is 0 Å². The Morgan fingerprint density at radius 3 is 2.69 bits per heavy atom. The first-order chi connectivity index (χ1) is 15.3. The van der Waals surface area contributed by atoms with Crippen molar-refractivity contribution in [1.82, 2.24) is 15.1 Å². The van der Waals surface area contributed by atoms with Crippen molar-refractivity contribution in [3.63, 3.8) is 0 Å². The van der Waals surface area contributed by atoms with Crippen LogP contribution in [-0.2, 0) is 30.7 Å². The summed E-state index contributed by atoms with van der Waals surface area (Å²) >= 11 is 6.09. The first-order valence-corrected chi connectivity index (χ1v) is 10.7. The van der Waals surface area contributed by atoms with Gasteiger partial charge in [0.25, 0.3) is 5.56 Å². The van der Waals surface area contributed by atoms with Crippen LogP contribution in [0.2, 0.25) is 5.02 Å². The fourth-order valence-electron chi connectivity index (χ4n) is 3.28. The fraction of sp³-hybridized carbons (Fsp3) is 0.250. The van der Waals surface area contributed by atoms with Crippen LogP contribution >= 0.6 is 11.6 Å². The summed E-state index contributed by atoms with van der Waals surface area (Å²) in [6.45, 7) is 4.14. The largest absolute Gasteiger partial charge is 0.387 e. The summed E-state index contributed by atoms with van der Waals surface area (Å²) in [5, 5.41) is 7.61. The quantitative estimate of drug-likeness (QED) is 0.405. The Morgan fingerprint density at radius 2 is 1.97 bits per heavy atom. The minimum atomic E-state index is -0.273. The number of aliphatic imine (C=N–C) groups is 1. The molecule has 7 nitrogen and oxygen atoms in total. The molecule has 0 fully saturated rings. The van der Waals surface area contributed by atoms with Gasteiger partial charge >= 0.3 is 0 Å². The van der Waals surface area contributed by atoms with Crippen molar-refractivity contribution < 1.29 is 4.79 Å². The molecule has 0 spiro atoms. The highest BCUT2D eigenvalue weighted by Gasteiger charge is 2.14. The molecule has 0 bridgehead atoms. The predicted octanol–water partition coefficient (Wildman–Crippen LogP) is 3.32. The second kappa shape index (κ2) is 10.7. The number of nitrogens with two attached hydrogens (primary N) is 1. The van der Waals surface area contributed by atoms with E-state index < -0.39 is 0 Å². The zero-order valence-electron chi connectivity index (χ0n) is 18.1. The van der Waals surface area contributed by atoms with Crippen molar-refractivity contribution in [2.45, 2.75) is 39.8 Å². The molecule has 3 aromatic rings. The molecule has 0 aliphatic rings. The lowest BCUT2D eigenvalue weighted by Gasteiger charge is -2.11. The van der Waals surface area contributed by atoms with E-state index in [1.54, 1.807) is 38.2 Å². The van der Waals surface area contributed by atoms with E-state index in [1.807, 2.05) is 30.3 Å². The van der Waals surface area contributed by atoms with E-state index in [0.29, 0.717) is 40.6 Å². The molecule has 3 rings (SSSR count).